The molecule has 6 rings (SSSR count). The Hall–Kier alpha value is -4.40. The molecular weight excluding hydrogens is 694 g/mol. The number of nitrogens with zero attached hydrogens (tertiary/aromatic N) is 8. The lowest BCUT2D eigenvalue weighted by atomic mass is 9.94. The summed E-state index contributed by atoms with van der Waals surface area (Å²) in [6, 6.07) is 17.5. The number of amides is 1. The predicted molar refractivity (Wildman–Crippen MR) is 185 cm³/mol. The van der Waals surface area contributed by atoms with Crippen LogP contribution >= 0.6 is 23.2 Å². The zero-order valence-corrected chi connectivity index (χ0v) is 29.0. The third-order valence-corrected chi connectivity index (χ3v) is 9.73. The van der Waals surface area contributed by atoms with Crippen molar-refractivity contribution in [3.8, 4) is 11.4 Å². The molecule has 1 atom stereocenters. The maximum Gasteiger partial charge on any atom is 0.406 e. The van der Waals surface area contributed by atoms with E-state index in [2.05, 4.69) is 30.7 Å². The van der Waals surface area contributed by atoms with Crippen LogP contribution in [0.4, 0.5) is 19.1 Å². The van der Waals surface area contributed by atoms with Crippen LogP contribution in [0.15, 0.2) is 67.0 Å². The average molecular weight is 731 g/mol. The molecule has 0 bridgehead atoms. The Morgan fingerprint density at radius 2 is 1.86 bits per heavy atom. The van der Waals surface area contributed by atoms with E-state index in [1.165, 1.54) is 22.7 Å². The number of ether oxygens (including phenoxy) is 1. The summed E-state index contributed by atoms with van der Waals surface area (Å²) in [6.45, 7) is 1.52. The minimum atomic E-state index is -4.38. The lowest BCUT2D eigenvalue weighted by molar-refractivity contribution is -0.139. The monoisotopic (exact) mass is 729 g/mol. The summed E-state index contributed by atoms with van der Waals surface area (Å²) in [6.07, 6.45) is -0.732. The second-order valence-corrected chi connectivity index (χ2v) is 13.2. The van der Waals surface area contributed by atoms with Gasteiger partial charge in [0.25, 0.3) is 5.91 Å². The molecular formula is C34H36Cl2F3N9O2. The van der Waals surface area contributed by atoms with Gasteiger partial charge in [-0.3, -0.25) is 4.79 Å². The van der Waals surface area contributed by atoms with E-state index in [9.17, 15) is 18.0 Å². The van der Waals surface area contributed by atoms with Gasteiger partial charge in [0, 0.05) is 38.6 Å². The summed E-state index contributed by atoms with van der Waals surface area (Å²) in [5, 5.41) is 15.5. The number of halogens is 5. The molecule has 0 radical (unpaired) electrons. The van der Waals surface area contributed by atoms with Crippen LogP contribution in [0, 0.1) is 0 Å². The van der Waals surface area contributed by atoms with E-state index in [1.807, 2.05) is 12.1 Å². The summed E-state index contributed by atoms with van der Waals surface area (Å²) < 4.78 is 48.5. The number of carbonyl (C=O) groups excluding carboxylic acids is 1. The number of carbonyl (C=O) groups is 1. The highest BCUT2D eigenvalue weighted by atomic mass is 35.5. The number of piperidine rings is 1. The van der Waals surface area contributed by atoms with E-state index < -0.39 is 12.7 Å². The Bertz CT molecular complexity index is 1930. The number of likely N-dealkylation sites (N-methyl/N-ethyl adjacent to an activating group) is 1. The van der Waals surface area contributed by atoms with Crippen molar-refractivity contribution in [3.63, 3.8) is 0 Å². The Morgan fingerprint density at radius 3 is 2.56 bits per heavy atom. The number of methoxy groups -OCH3 is 1. The van der Waals surface area contributed by atoms with Gasteiger partial charge in [-0.2, -0.15) is 13.2 Å². The Labute approximate surface area is 296 Å². The molecule has 50 heavy (non-hydrogen) atoms. The number of para-hydroxylation sites is 2. The van der Waals surface area contributed by atoms with Gasteiger partial charge < -0.3 is 24.4 Å². The number of tetrazole rings is 1. The molecule has 0 aliphatic carbocycles. The second-order valence-electron chi connectivity index (χ2n) is 12.4. The predicted octanol–water partition coefficient (Wildman–Crippen LogP) is 6.71. The quantitative estimate of drug-likeness (QED) is 0.151. The van der Waals surface area contributed by atoms with Crippen LogP contribution in [0.3, 0.4) is 0 Å². The third kappa shape index (κ3) is 8.31. The number of anilines is 1. The Kier molecular flexibility index (Phi) is 10.8. The number of rotatable bonds is 12. The van der Waals surface area contributed by atoms with E-state index in [0.717, 1.165) is 44.5 Å². The number of benzene rings is 3. The van der Waals surface area contributed by atoms with Crippen molar-refractivity contribution in [2.24, 2.45) is 0 Å². The molecule has 11 nitrogen and oxygen atoms in total. The molecule has 1 N–H and O–H groups in total. The fourth-order valence-electron chi connectivity index (χ4n) is 6.38. The van der Waals surface area contributed by atoms with Crippen LogP contribution in [-0.2, 0) is 6.54 Å². The van der Waals surface area contributed by atoms with Crippen LogP contribution in [0.5, 0.6) is 5.75 Å². The zero-order chi connectivity index (χ0) is 35.4. The van der Waals surface area contributed by atoms with Gasteiger partial charge in [0.15, 0.2) is 0 Å². The molecule has 3 heterocycles. The number of aromatic nitrogens is 6. The van der Waals surface area contributed by atoms with Crippen molar-refractivity contribution in [1.82, 2.24) is 39.6 Å². The fraction of sp³-hybridized carbons (Fsp3) is 0.382. The van der Waals surface area contributed by atoms with Gasteiger partial charge in [0.2, 0.25) is 5.95 Å². The highest BCUT2D eigenvalue weighted by Gasteiger charge is 2.31. The molecule has 1 saturated heterocycles. The highest BCUT2D eigenvalue weighted by Crippen LogP contribution is 2.31. The van der Waals surface area contributed by atoms with E-state index in [4.69, 9.17) is 27.9 Å². The summed E-state index contributed by atoms with van der Waals surface area (Å²) in [5.74, 6) is 0.348. The molecule has 1 aliphatic heterocycles. The lowest BCUT2D eigenvalue weighted by Crippen LogP contribution is -2.41. The van der Waals surface area contributed by atoms with Gasteiger partial charge in [-0.25, -0.2) is 9.67 Å². The van der Waals surface area contributed by atoms with Gasteiger partial charge in [-0.15, -0.1) is 5.10 Å². The van der Waals surface area contributed by atoms with Crippen LogP contribution < -0.4 is 10.1 Å². The van der Waals surface area contributed by atoms with Crippen LogP contribution in [0.1, 0.15) is 41.1 Å². The van der Waals surface area contributed by atoms with Crippen LogP contribution in [0.25, 0.3) is 16.7 Å². The van der Waals surface area contributed by atoms with Gasteiger partial charge in [0.1, 0.15) is 18.6 Å². The van der Waals surface area contributed by atoms with E-state index in [-0.39, 0.29) is 23.8 Å². The number of alkyl halides is 3. The molecule has 0 spiro atoms. The van der Waals surface area contributed by atoms with Crippen LogP contribution in [-0.4, -0.2) is 98.0 Å². The molecule has 0 saturated carbocycles. The minimum absolute atomic E-state index is 0.0243. The van der Waals surface area contributed by atoms with Gasteiger partial charge >= 0.3 is 6.18 Å². The molecule has 2 aromatic heterocycles. The smallest absolute Gasteiger partial charge is 0.406 e. The van der Waals surface area contributed by atoms with Gasteiger partial charge in [-0.1, -0.05) is 41.4 Å². The highest BCUT2D eigenvalue weighted by molar-refractivity contribution is 6.42. The zero-order valence-electron chi connectivity index (χ0n) is 27.4. The molecule has 1 aliphatic rings. The number of hydrogen-bond acceptors (Lipinski definition) is 8. The summed E-state index contributed by atoms with van der Waals surface area (Å²) in [7, 11) is 3.26. The summed E-state index contributed by atoms with van der Waals surface area (Å²) in [4.78, 5) is 22.3. The molecule has 1 fully saturated rings. The molecule has 3 aromatic carbocycles. The molecule has 1 unspecified atom stereocenters. The first kappa shape index (κ1) is 35.4. The van der Waals surface area contributed by atoms with E-state index in [1.54, 1.807) is 60.5 Å². The number of nitrogens with one attached hydrogen (secondary N) is 1. The Balaban J connectivity index is 1.12. The number of hydrogen-bond donors (Lipinski definition) is 1. The molecule has 1 amide bonds. The maximum absolute atomic E-state index is 13.8. The van der Waals surface area contributed by atoms with Crippen LogP contribution in [0.2, 0.25) is 10.0 Å². The SMILES string of the molecule is COc1ccc(-n2cnnn2)cc1C(=O)N(C)CC(CCN1CCC(Nc2nc3ccccc3n2CC(F)(F)F)CC1)c1ccc(Cl)c(Cl)c1. The number of imidazole rings is 1. The number of fused-ring (bicyclic) bond motifs is 1. The normalized spacial score (nSPS) is 14.9. The third-order valence-electron chi connectivity index (χ3n) is 8.99. The largest absolute Gasteiger partial charge is 0.496 e. The summed E-state index contributed by atoms with van der Waals surface area (Å²) >= 11 is 12.7. The van der Waals surface area contributed by atoms with Gasteiger partial charge in [-0.05, 0) is 84.3 Å². The second kappa shape index (κ2) is 15.2. The van der Waals surface area contributed by atoms with Crippen molar-refractivity contribution in [2.75, 3.05) is 45.7 Å². The molecule has 264 valence electrons. The van der Waals surface area contributed by atoms with Crippen molar-refractivity contribution in [3.05, 3.63) is 88.2 Å². The topological polar surface area (TPSA) is 106 Å². The van der Waals surface area contributed by atoms with Crippen molar-refractivity contribution in [2.45, 2.75) is 43.9 Å². The lowest BCUT2D eigenvalue weighted by Gasteiger charge is -2.34. The Morgan fingerprint density at radius 1 is 1.08 bits per heavy atom. The first-order chi connectivity index (χ1) is 24.0. The van der Waals surface area contributed by atoms with Crippen molar-refractivity contribution < 1.29 is 22.7 Å². The summed E-state index contributed by atoms with van der Waals surface area (Å²) in [5.41, 5.74) is 2.90. The van der Waals surface area contributed by atoms with Crippen molar-refractivity contribution >= 4 is 46.1 Å². The van der Waals surface area contributed by atoms with E-state index in [0.29, 0.717) is 44.6 Å². The van der Waals surface area contributed by atoms with E-state index >= 15 is 0 Å². The average Bonchev–Trinajstić information content (AvgIpc) is 3.76. The standard InChI is InChI=1S/C34H36Cl2F3N9O2/c1-45(32(49)26-18-25(8-10-31(26)50-2)48-21-40-43-44-48)19-23(22-7-9-27(35)28(36)17-22)11-14-46-15-12-24(13-16-46)41-33-42-29-5-3-4-6-30(29)47(33)20-34(37,38)39/h3-10,17-18,21,23-24H,11-16,19-20H2,1-2H3,(H,41,42). The first-order valence-electron chi connectivity index (χ1n) is 16.1. The maximum atomic E-state index is 13.8. The molecule has 16 heteroatoms. The minimum Gasteiger partial charge on any atom is -0.496 e. The number of likely N-dealkylation sites (tertiary alicyclic amines) is 1. The van der Waals surface area contributed by atoms with Gasteiger partial charge in [0.05, 0.1) is 39.4 Å². The first-order valence-corrected chi connectivity index (χ1v) is 16.9. The molecule has 5 aromatic rings. The fourth-order valence-corrected chi connectivity index (χ4v) is 6.69. The van der Waals surface area contributed by atoms with Crippen molar-refractivity contribution in [1.29, 1.82) is 0 Å².